The van der Waals surface area contributed by atoms with Crippen LogP contribution in [-0.4, -0.2) is 53.8 Å². The maximum Gasteiger partial charge on any atom is 0.260 e. The lowest BCUT2D eigenvalue weighted by molar-refractivity contribution is -0.194. The Morgan fingerprint density at radius 1 is 1.30 bits per heavy atom. The van der Waals surface area contributed by atoms with Crippen LogP contribution >= 0.6 is 0 Å². The normalized spacial score (nSPS) is 20.8. The monoisotopic (exact) mass is 368 g/mol. The molecule has 1 aromatic carbocycles. The molecule has 27 heavy (non-hydrogen) atoms. The van der Waals surface area contributed by atoms with Gasteiger partial charge in [0.2, 0.25) is 0 Å². The number of hydrogen-bond donors (Lipinski definition) is 0. The average Bonchev–Trinajstić information content (AvgIpc) is 2.66. The van der Waals surface area contributed by atoms with Gasteiger partial charge in [0.1, 0.15) is 23.2 Å². The molecule has 0 aliphatic carbocycles. The Morgan fingerprint density at radius 3 is 2.93 bits per heavy atom. The van der Waals surface area contributed by atoms with Crippen molar-refractivity contribution < 1.29 is 19.0 Å². The third-order valence-corrected chi connectivity index (χ3v) is 5.14. The lowest BCUT2D eigenvalue weighted by Crippen LogP contribution is -2.68. The molecule has 2 aliphatic heterocycles. The van der Waals surface area contributed by atoms with E-state index < -0.39 is 0 Å². The first-order valence-electron chi connectivity index (χ1n) is 9.30. The fraction of sp³-hybridized carbons (Fsp3) is 0.429. The molecule has 6 nitrogen and oxygen atoms in total. The van der Waals surface area contributed by atoms with Gasteiger partial charge in [-0.3, -0.25) is 9.78 Å². The first-order valence-corrected chi connectivity index (χ1v) is 9.30. The number of para-hydroxylation sites is 1. The maximum absolute atomic E-state index is 12.4. The zero-order valence-corrected chi connectivity index (χ0v) is 15.5. The van der Waals surface area contributed by atoms with Crippen LogP contribution in [0.1, 0.15) is 18.4 Å². The minimum atomic E-state index is -0.288. The number of ether oxygens (including phenoxy) is 3. The molecule has 6 heteroatoms. The molecule has 1 amide bonds. The van der Waals surface area contributed by atoms with Gasteiger partial charge >= 0.3 is 0 Å². The number of likely N-dealkylation sites (tertiary alicyclic amines) is 1. The summed E-state index contributed by atoms with van der Waals surface area (Å²) < 4.78 is 17.7. The smallest absolute Gasteiger partial charge is 0.260 e. The van der Waals surface area contributed by atoms with Crippen LogP contribution in [0.5, 0.6) is 11.5 Å². The Balaban J connectivity index is 1.27. The molecular weight excluding hydrogens is 344 g/mol. The van der Waals surface area contributed by atoms with Gasteiger partial charge in [-0.05, 0) is 30.7 Å². The topological polar surface area (TPSA) is 60.9 Å². The molecule has 0 saturated carbocycles. The van der Waals surface area contributed by atoms with Gasteiger partial charge in [-0.25, -0.2) is 0 Å². The van der Waals surface area contributed by atoms with E-state index in [1.807, 2.05) is 43.3 Å². The minimum Gasteiger partial charge on any atom is -0.489 e. The summed E-state index contributed by atoms with van der Waals surface area (Å²) >= 11 is 0. The third kappa shape index (κ3) is 4.06. The number of carbonyl (C=O) groups excluding carboxylic acids is 1. The van der Waals surface area contributed by atoms with Crippen molar-refractivity contribution in [2.45, 2.75) is 31.5 Å². The van der Waals surface area contributed by atoms with Crippen molar-refractivity contribution in [1.29, 1.82) is 0 Å². The number of benzene rings is 1. The van der Waals surface area contributed by atoms with Crippen molar-refractivity contribution in [3.05, 3.63) is 54.4 Å². The summed E-state index contributed by atoms with van der Waals surface area (Å²) in [4.78, 5) is 18.3. The van der Waals surface area contributed by atoms with E-state index >= 15 is 0 Å². The number of carbonyl (C=O) groups is 1. The highest BCUT2D eigenvalue weighted by Gasteiger charge is 2.49. The molecule has 2 aromatic rings. The van der Waals surface area contributed by atoms with Crippen LogP contribution < -0.4 is 9.47 Å². The van der Waals surface area contributed by atoms with Gasteiger partial charge in [0.15, 0.2) is 6.61 Å². The molecule has 1 spiro atoms. The van der Waals surface area contributed by atoms with Crippen LogP contribution in [0.15, 0.2) is 48.8 Å². The van der Waals surface area contributed by atoms with Crippen LogP contribution in [-0.2, 0) is 9.53 Å². The Hall–Kier alpha value is -2.60. The van der Waals surface area contributed by atoms with Gasteiger partial charge in [-0.1, -0.05) is 18.2 Å². The molecule has 2 saturated heterocycles. The number of rotatable bonds is 5. The number of aromatic nitrogens is 1. The summed E-state index contributed by atoms with van der Waals surface area (Å²) in [6, 6.07) is 11.5. The van der Waals surface area contributed by atoms with Gasteiger partial charge in [0.05, 0.1) is 25.9 Å². The fourth-order valence-corrected chi connectivity index (χ4v) is 3.69. The van der Waals surface area contributed by atoms with Crippen LogP contribution in [0.3, 0.4) is 0 Å². The molecular formula is C21H24N2O4. The minimum absolute atomic E-state index is 0.0113. The van der Waals surface area contributed by atoms with E-state index in [0.717, 1.165) is 29.9 Å². The molecule has 0 N–H and O–H groups in total. The summed E-state index contributed by atoms with van der Waals surface area (Å²) in [5.41, 5.74) is 0.736. The highest BCUT2D eigenvalue weighted by atomic mass is 16.5. The molecule has 1 aromatic heterocycles. The van der Waals surface area contributed by atoms with Gasteiger partial charge in [-0.2, -0.15) is 0 Å². The van der Waals surface area contributed by atoms with Gasteiger partial charge in [-0.15, -0.1) is 0 Å². The first-order chi connectivity index (χ1) is 13.1. The maximum atomic E-state index is 12.4. The summed E-state index contributed by atoms with van der Waals surface area (Å²) in [5, 5.41) is 0. The van der Waals surface area contributed by atoms with E-state index in [-0.39, 0.29) is 24.2 Å². The van der Waals surface area contributed by atoms with E-state index in [1.54, 1.807) is 17.3 Å². The van der Waals surface area contributed by atoms with E-state index in [1.165, 1.54) is 0 Å². The van der Waals surface area contributed by atoms with Crippen molar-refractivity contribution in [1.82, 2.24) is 9.88 Å². The van der Waals surface area contributed by atoms with E-state index in [9.17, 15) is 4.79 Å². The molecule has 2 aliphatic rings. The third-order valence-electron chi connectivity index (χ3n) is 5.14. The highest BCUT2D eigenvalue weighted by Crippen LogP contribution is 2.35. The zero-order chi connectivity index (χ0) is 18.7. The number of amides is 1. The van der Waals surface area contributed by atoms with Crippen molar-refractivity contribution in [2.24, 2.45) is 0 Å². The van der Waals surface area contributed by atoms with Gasteiger partial charge < -0.3 is 19.1 Å². The summed E-state index contributed by atoms with van der Waals surface area (Å²) in [7, 11) is 0. The molecule has 3 heterocycles. The van der Waals surface area contributed by atoms with E-state index in [2.05, 4.69) is 4.98 Å². The van der Waals surface area contributed by atoms with Gasteiger partial charge in [0, 0.05) is 19.0 Å². The van der Waals surface area contributed by atoms with Crippen LogP contribution in [0.25, 0.3) is 0 Å². The first kappa shape index (κ1) is 17.8. The van der Waals surface area contributed by atoms with Crippen molar-refractivity contribution >= 4 is 5.91 Å². The lowest BCUT2D eigenvalue weighted by Gasteiger charge is -2.52. The van der Waals surface area contributed by atoms with Crippen LogP contribution in [0.4, 0.5) is 0 Å². The molecule has 4 rings (SSSR count). The molecule has 142 valence electrons. The number of hydrogen-bond acceptors (Lipinski definition) is 5. The van der Waals surface area contributed by atoms with Crippen molar-refractivity contribution in [3.63, 3.8) is 0 Å². The fourth-order valence-electron chi connectivity index (χ4n) is 3.69. The zero-order valence-electron chi connectivity index (χ0n) is 15.5. The number of aryl methyl sites for hydroxylation is 1. The Labute approximate surface area is 159 Å². The molecule has 0 radical (unpaired) electrons. The highest BCUT2D eigenvalue weighted by molar-refractivity contribution is 5.79. The Morgan fingerprint density at radius 2 is 2.15 bits per heavy atom. The number of pyridine rings is 1. The second kappa shape index (κ2) is 7.56. The van der Waals surface area contributed by atoms with Crippen LogP contribution in [0.2, 0.25) is 0 Å². The quantitative estimate of drug-likeness (QED) is 0.812. The largest absolute Gasteiger partial charge is 0.489 e. The van der Waals surface area contributed by atoms with Crippen molar-refractivity contribution in [3.8, 4) is 11.5 Å². The van der Waals surface area contributed by atoms with E-state index in [4.69, 9.17) is 14.2 Å². The summed E-state index contributed by atoms with van der Waals surface area (Å²) in [6.07, 6.45) is 5.17. The molecule has 2 fully saturated rings. The predicted molar refractivity (Wildman–Crippen MR) is 99.8 cm³/mol. The van der Waals surface area contributed by atoms with Gasteiger partial charge in [0.25, 0.3) is 5.91 Å². The SMILES string of the molecule is Cc1ccccc1OCC(=O)N1CC2(C[C@@H](Oc3cccnc3)CCO2)C1. The molecule has 1 atom stereocenters. The Kier molecular flexibility index (Phi) is 4.99. The van der Waals surface area contributed by atoms with E-state index in [0.29, 0.717) is 19.7 Å². The number of nitrogens with zero attached hydrogens (tertiary/aromatic N) is 2. The standard InChI is InChI=1S/C21H24N2O4/c1-16-5-2-3-7-19(16)25-13-20(24)23-14-21(15-23)11-17(8-10-26-21)27-18-6-4-9-22-12-18/h2-7,9,12,17H,8,10-11,13-15H2,1H3/t17-/m0/s1. The second-order valence-corrected chi connectivity index (χ2v) is 7.26. The molecule has 0 unspecified atom stereocenters. The lowest BCUT2D eigenvalue weighted by atomic mass is 9.84. The second-order valence-electron chi connectivity index (χ2n) is 7.26. The average molecular weight is 368 g/mol. The van der Waals surface area contributed by atoms with Crippen molar-refractivity contribution in [2.75, 3.05) is 26.3 Å². The summed E-state index contributed by atoms with van der Waals surface area (Å²) in [5.74, 6) is 1.51. The Bertz CT molecular complexity index is 790. The molecule has 0 bridgehead atoms. The predicted octanol–water partition coefficient (Wildman–Crippen LogP) is 2.61. The van der Waals surface area contributed by atoms with Crippen LogP contribution in [0, 0.1) is 6.92 Å². The summed E-state index contributed by atoms with van der Waals surface area (Å²) in [6.45, 7) is 3.85.